The summed E-state index contributed by atoms with van der Waals surface area (Å²) in [4.78, 5) is 8.54. The number of rotatable bonds is 5. The Morgan fingerprint density at radius 2 is 2.06 bits per heavy atom. The Morgan fingerprint density at radius 3 is 2.69 bits per heavy atom. The van der Waals surface area contributed by atoms with E-state index in [1.165, 1.54) is 12.8 Å². The molecule has 0 aromatic carbocycles. The summed E-state index contributed by atoms with van der Waals surface area (Å²) in [6.07, 6.45) is 4.15. The van der Waals surface area contributed by atoms with Crippen molar-refractivity contribution in [1.82, 2.24) is 9.97 Å². The van der Waals surface area contributed by atoms with Crippen molar-refractivity contribution >= 4 is 11.6 Å². The molecular weight excluding hydrogens is 200 g/mol. The average Bonchev–Trinajstić information content (AvgIpc) is 3.03. The van der Waals surface area contributed by atoms with Crippen LogP contribution in [0, 0.1) is 12.8 Å². The van der Waals surface area contributed by atoms with Crippen LogP contribution in [0.1, 0.15) is 32.3 Å². The third-order valence-corrected chi connectivity index (χ3v) is 3.20. The van der Waals surface area contributed by atoms with Gasteiger partial charge in [0.1, 0.15) is 18.0 Å². The van der Waals surface area contributed by atoms with Crippen LogP contribution in [0.15, 0.2) is 6.33 Å². The lowest BCUT2D eigenvalue weighted by Gasteiger charge is -2.11. The molecule has 0 bridgehead atoms. The van der Waals surface area contributed by atoms with Crippen LogP contribution in [0.2, 0.25) is 0 Å². The molecule has 4 heteroatoms. The van der Waals surface area contributed by atoms with E-state index in [2.05, 4.69) is 41.4 Å². The molecule has 4 nitrogen and oxygen atoms in total. The van der Waals surface area contributed by atoms with E-state index in [1.54, 1.807) is 6.33 Å². The van der Waals surface area contributed by atoms with Crippen LogP contribution in [0.4, 0.5) is 11.6 Å². The molecule has 0 radical (unpaired) electrons. The van der Waals surface area contributed by atoms with Crippen LogP contribution >= 0.6 is 0 Å². The van der Waals surface area contributed by atoms with Crippen molar-refractivity contribution in [2.75, 3.05) is 17.2 Å². The van der Waals surface area contributed by atoms with Gasteiger partial charge in [-0.15, -0.1) is 0 Å². The molecule has 1 saturated carbocycles. The van der Waals surface area contributed by atoms with Crippen LogP contribution in [0.3, 0.4) is 0 Å². The molecule has 2 atom stereocenters. The Labute approximate surface area is 96.9 Å². The first kappa shape index (κ1) is 11.2. The molecule has 88 valence electrons. The van der Waals surface area contributed by atoms with E-state index >= 15 is 0 Å². The second kappa shape index (κ2) is 4.68. The van der Waals surface area contributed by atoms with Crippen LogP contribution in [0.5, 0.6) is 0 Å². The van der Waals surface area contributed by atoms with E-state index in [0.29, 0.717) is 6.04 Å². The minimum absolute atomic E-state index is 0.619. The van der Waals surface area contributed by atoms with Gasteiger partial charge in [0, 0.05) is 18.2 Å². The first-order valence-corrected chi connectivity index (χ1v) is 6.08. The largest absolute Gasteiger partial charge is 0.370 e. The molecule has 2 N–H and O–H groups in total. The number of nitrogens with zero attached hydrogens (tertiary/aromatic N) is 2. The van der Waals surface area contributed by atoms with Gasteiger partial charge in [0.25, 0.3) is 0 Å². The summed E-state index contributed by atoms with van der Waals surface area (Å²) in [5, 5.41) is 6.74. The van der Waals surface area contributed by atoms with Gasteiger partial charge in [-0.3, -0.25) is 0 Å². The predicted octanol–water partition coefficient (Wildman–Crippen LogP) is 2.43. The first-order chi connectivity index (χ1) is 7.76. The Balaban J connectivity index is 2.06. The topological polar surface area (TPSA) is 49.8 Å². The summed E-state index contributed by atoms with van der Waals surface area (Å²) in [7, 11) is 0. The van der Waals surface area contributed by atoms with Crippen molar-refractivity contribution in [1.29, 1.82) is 0 Å². The number of nitrogens with one attached hydrogen (secondary N) is 2. The monoisotopic (exact) mass is 220 g/mol. The molecule has 0 aliphatic heterocycles. The van der Waals surface area contributed by atoms with E-state index in [4.69, 9.17) is 0 Å². The van der Waals surface area contributed by atoms with Crippen molar-refractivity contribution in [2.24, 2.45) is 5.92 Å². The molecule has 2 unspecified atom stereocenters. The van der Waals surface area contributed by atoms with Crippen molar-refractivity contribution in [3.05, 3.63) is 11.9 Å². The third kappa shape index (κ3) is 2.26. The molecule has 16 heavy (non-hydrogen) atoms. The lowest BCUT2D eigenvalue weighted by molar-refractivity contribution is 0.772. The zero-order valence-electron chi connectivity index (χ0n) is 10.2. The zero-order valence-corrected chi connectivity index (χ0v) is 10.2. The normalized spacial score (nSPS) is 22.9. The average molecular weight is 220 g/mol. The molecule has 0 saturated heterocycles. The Morgan fingerprint density at radius 1 is 1.31 bits per heavy atom. The van der Waals surface area contributed by atoms with Crippen molar-refractivity contribution in [2.45, 2.75) is 39.7 Å². The highest BCUT2D eigenvalue weighted by molar-refractivity contribution is 5.57. The first-order valence-electron chi connectivity index (χ1n) is 6.08. The van der Waals surface area contributed by atoms with E-state index < -0.39 is 0 Å². The highest BCUT2D eigenvalue weighted by Crippen LogP contribution is 2.36. The fourth-order valence-electron chi connectivity index (χ4n) is 1.99. The lowest BCUT2D eigenvalue weighted by atomic mass is 10.3. The highest BCUT2D eigenvalue weighted by atomic mass is 15.1. The second-order valence-corrected chi connectivity index (χ2v) is 4.38. The van der Waals surface area contributed by atoms with Crippen LogP contribution < -0.4 is 10.6 Å². The zero-order chi connectivity index (χ0) is 11.5. The fourth-order valence-corrected chi connectivity index (χ4v) is 1.99. The summed E-state index contributed by atoms with van der Waals surface area (Å²) in [6.45, 7) is 7.26. The van der Waals surface area contributed by atoms with Gasteiger partial charge in [-0.05, 0) is 26.2 Å². The number of hydrogen-bond acceptors (Lipinski definition) is 4. The van der Waals surface area contributed by atoms with E-state index in [9.17, 15) is 0 Å². The summed E-state index contributed by atoms with van der Waals surface area (Å²) in [6, 6.07) is 0.619. The molecule has 1 aromatic rings. The maximum Gasteiger partial charge on any atom is 0.134 e. The SMILES string of the molecule is CCNc1ncnc(NC2CC2CC)c1C. The molecule has 1 aromatic heterocycles. The van der Waals surface area contributed by atoms with Gasteiger partial charge in [-0.25, -0.2) is 9.97 Å². The van der Waals surface area contributed by atoms with Gasteiger partial charge < -0.3 is 10.6 Å². The van der Waals surface area contributed by atoms with Gasteiger partial charge >= 0.3 is 0 Å². The van der Waals surface area contributed by atoms with E-state index in [1.807, 2.05) is 0 Å². The molecule has 1 fully saturated rings. The van der Waals surface area contributed by atoms with Crippen molar-refractivity contribution in [3.63, 3.8) is 0 Å². The quantitative estimate of drug-likeness (QED) is 0.800. The Hall–Kier alpha value is -1.32. The highest BCUT2D eigenvalue weighted by Gasteiger charge is 2.35. The molecule has 1 aliphatic rings. The molecule has 0 spiro atoms. The van der Waals surface area contributed by atoms with E-state index in [0.717, 1.165) is 29.7 Å². The third-order valence-electron chi connectivity index (χ3n) is 3.20. The number of hydrogen-bond donors (Lipinski definition) is 2. The molecular formula is C12H20N4. The molecule has 0 amide bonds. The van der Waals surface area contributed by atoms with Gasteiger partial charge in [-0.1, -0.05) is 13.3 Å². The Bertz CT molecular complexity index is 364. The molecule has 1 heterocycles. The Kier molecular flexibility index (Phi) is 3.27. The van der Waals surface area contributed by atoms with Gasteiger partial charge in [0.05, 0.1) is 0 Å². The van der Waals surface area contributed by atoms with Crippen molar-refractivity contribution < 1.29 is 0 Å². The molecule has 1 aliphatic carbocycles. The smallest absolute Gasteiger partial charge is 0.134 e. The fraction of sp³-hybridized carbons (Fsp3) is 0.667. The lowest BCUT2D eigenvalue weighted by Crippen LogP contribution is -2.10. The summed E-state index contributed by atoms with van der Waals surface area (Å²) >= 11 is 0. The number of aromatic nitrogens is 2. The maximum atomic E-state index is 4.31. The van der Waals surface area contributed by atoms with Gasteiger partial charge in [0.15, 0.2) is 0 Å². The summed E-state index contributed by atoms with van der Waals surface area (Å²) < 4.78 is 0. The number of anilines is 2. The van der Waals surface area contributed by atoms with Crippen LogP contribution in [-0.4, -0.2) is 22.6 Å². The van der Waals surface area contributed by atoms with Crippen LogP contribution in [-0.2, 0) is 0 Å². The molecule has 2 rings (SSSR count). The standard InChI is InChI=1S/C12H20N4/c1-4-9-6-10(9)16-12-8(3)11(13-5-2)14-7-15-12/h7,9-10H,4-6H2,1-3H3,(H2,13,14,15,16). The van der Waals surface area contributed by atoms with Gasteiger partial charge in [0.2, 0.25) is 0 Å². The van der Waals surface area contributed by atoms with Crippen LogP contribution in [0.25, 0.3) is 0 Å². The summed E-state index contributed by atoms with van der Waals surface area (Å²) in [5.41, 5.74) is 1.12. The van der Waals surface area contributed by atoms with E-state index in [-0.39, 0.29) is 0 Å². The van der Waals surface area contributed by atoms with Gasteiger partial charge in [-0.2, -0.15) is 0 Å². The predicted molar refractivity (Wildman–Crippen MR) is 66.7 cm³/mol. The minimum Gasteiger partial charge on any atom is -0.370 e. The maximum absolute atomic E-state index is 4.31. The van der Waals surface area contributed by atoms with Crippen molar-refractivity contribution in [3.8, 4) is 0 Å². The minimum atomic E-state index is 0.619. The summed E-state index contributed by atoms with van der Waals surface area (Å²) in [5.74, 6) is 2.75. The second-order valence-electron chi connectivity index (χ2n) is 4.38.